The second-order valence-corrected chi connectivity index (χ2v) is 12.5. The molecule has 10 nitrogen and oxygen atoms in total. The van der Waals surface area contributed by atoms with Crippen LogP contribution in [0, 0.1) is 5.41 Å². The number of hydrogen-bond donors (Lipinski definition) is 4. The first-order valence-electron chi connectivity index (χ1n) is 14.1. The number of aromatic nitrogens is 1. The number of aliphatic hydroxyl groups excluding tert-OH is 1. The third-order valence-electron chi connectivity index (χ3n) is 7.88. The Morgan fingerprint density at radius 3 is 2.73 bits per heavy atom. The van der Waals surface area contributed by atoms with E-state index in [1.165, 1.54) is 7.11 Å². The van der Waals surface area contributed by atoms with Crippen molar-refractivity contribution in [2.45, 2.75) is 83.1 Å². The van der Waals surface area contributed by atoms with Gasteiger partial charge in [0.25, 0.3) is 0 Å². The van der Waals surface area contributed by atoms with Gasteiger partial charge in [-0.05, 0) is 61.3 Å². The van der Waals surface area contributed by atoms with E-state index in [9.17, 15) is 9.90 Å². The van der Waals surface area contributed by atoms with Crippen molar-refractivity contribution >= 4 is 11.7 Å². The molecule has 2 aliphatic heterocycles. The molecule has 5 N–H and O–H groups in total. The summed E-state index contributed by atoms with van der Waals surface area (Å²) in [5.41, 5.74) is 9.07. The number of amides is 1. The SMILES string of the molecule is COCC(=O)N[C@@H](Cc1ccc2c(c1)OCO2)[C@H](O)CN[C@H]1CC2(CCC2)Oc2c1cc(CC(C)(C)C)nc2N. The Hall–Kier alpha value is -3.08. The molecule has 3 aliphatic rings. The molecule has 1 fully saturated rings. The van der Waals surface area contributed by atoms with Gasteiger partial charge in [-0.1, -0.05) is 26.8 Å². The number of anilines is 1. The molecule has 1 aromatic heterocycles. The fourth-order valence-electron chi connectivity index (χ4n) is 5.82. The third-order valence-corrected chi connectivity index (χ3v) is 7.88. The highest BCUT2D eigenvalue weighted by atomic mass is 16.7. The molecule has 1 saturated carbocycles. The van der Waals surface area contributed by atoms with Crippen LogP contribution in [0.3, 0.4) is 0 Å². The average Bonchev–Trinajstić information content (AvgIpc) is 3.33. The first-order chi connectivity index (χ1) is 19.0. The van der Waals surface area contributed by atoms with Crippen molar-refractivity contribution in [2.24, 2.45) is 5.41 Å². The maximum atomic E-state index is 12.5. The number of methoxy groups -OCH3 is 1. The fraction of sp³-hybridized carbons (Fsp3) is 0.600. The molecule has 1 aromatic carbocycles. The molecular weight excluding hydrogens is 512 g/mol. The third kappa shape index (κ3) is 6.45. The van der Waals surface area contributed by atoms with Crippen LogP contribution in [0.1, 0.15) is 69.3 Å². The molecule has 0 saturated heterocycles. The van der Waals surface area contributed by atoms with Crippen LogP contribution in [0.5, 0.6) is 17.2 Å². The van der Waals surface area contributed by atoms with E-state index >= 15 is 0 Å². The van der Waals surface area contributed by atoms with Gasteiger partial charge in [-0.3, -0.25) is 4.79 Å². The Kier molecular flexibility index (Phi) is 8.13. The number of hydrogen-bond acceptors (Lipinski definition) is 9. The minimum atomic E-state index is -0.872. The van der Waals surface area contributed by atoms with Gasteiger partial charge in [0.1, 0.15) is 12.2 Å². The van der Waals surface area contributed by atoms with Crippen molar-refractivity contribution in [2.75, 3.05) is 32.8 Å². The second-order valence-electron chi connectivity index (χ2n) is 12.5. The molecule has 10 heteroatoms. The molecule has 1 aliphatic carbocycles. The van der Waals surface area contributed by atoms with Crippen molar-refractivity contribution in [1.29, 1.82) is 0 Å². The predicted molar refractivity (Wildman–Crippen MR) is 150 cm³/mol. The van der Waals surface area contributed by atoms with Gasteiger partial charge in [0.2, 0.25) is 12.7 Å². The van der Waals surface area contributed by atoms with E-state index < -0.39 is 12.1 Å². The topological polar surface area (TPSA) is 137 Å². The van der Waals surface area contributed by atoms with Gasteiger partial charge in [0, 0.05) is 37.4 Å². The molecule has 1 spiro atoms. The normalized spacial score (nSPS) is 20.3. The summed E-state index contributed by atoms with van der Waals surface area (Å²) in [5.74, 6) is 2.13. The van der Waals surface area contributed by atoms with Crippen LogP contribution in [0.15, 0.2) is 24.3 Å². The molecule has 218 valence electrons. The molecular formula is C30H42N4O6. The zero-order chi connectivity index (χ0) is 28.5. The van der Waals surface area contributed by atoms with E-state index in [0.717, 1.165) is 48.9 Å². The van der Waals surface area contributed by atoms with Gasteiger partial charge in [-0.15, -0.1) is 0 Å². The van der Waals surface area contributed by atoms with Gasteiger partial charge >= 0.3 is 0 Å². The summed E-state index contributed by atoms with van der Waals surface area (Å²) in [6.45, 7) is 6.89. The average molecular weight is 555 g/mol. The molecule has 3 atom stereocenters. The summed E-state index contributed by atoms with van der Waals surface area (Å²) < 4.78 is 22.4. The van der Waals surface area contributed by atoms with Gasteiger partial charge in [-0.25, -0.2) is 4.98 Å². The monoisotopic (exact) mass is 554 g/mol. The van der Waals surface area contributed by atoms with Gasteiger partial charge < -0.3 is 40.4 Å². The number of aliphatic hydroxyl groups is 1. The maximum Gasteiger partial charge on any atom is 0.246 e. The van der Waals surface area contributed by atoms with Crippen LogP contribution in [-0.2, 0) is 22.4 Å². The van der Waals surface area contributed by atoms with E-state index in [1.54, 1.807) is 0 Å². The summed E-state index contributed by atoms with van der Waals surface area (Å²) in [7, 11) is 1.47. The largest absolute Gasteiger partial charge is 0.483 e. The first kappa shape index (κ1) is 28.4. The number of nitrogens with two attached hydrogens (primary N) is 1. The lowest BCUT2D eigenvalue weighted by Gasteiger charge is -2.48. The predicted octanol–water partition coefficient (Wildman–Crippen LogP) is 3.05. The number of pyridine rings is 1. The molecule has 0 bridgehead atoms. The fourth-order valence-corrected chi connectivity index (χ4v) is 5.82. The number of carbonyl (C=O) groups is 1. The van der Waals surface area contributed by atoms with Gasteiger partial charge in [-0.2, -0.15) is 0 Å². The van der Waals surface area contributed by atoms with Crippen molar-refractivity contribution < 1.29 is 28.8 Å². The Labute approximate surface area is 235 Å². The lowest BCUT2D eigenvalue weighted by molar-refractivity contribution is -0.126. The maximum absolute atomic E-state index is 12.5. The molecule has 0 unspecified atom stereocenters. The number of carbonyl (C=O) groups excluding carboxylic acids is 1. The lowest BCUT2D eigenvalue weighted by atomic mass is 9.72. The molecule has 40 heavy (non-hydrogen) atoms. The second kappa shape index (κ2) is 11.4. The summed E-state index contributed by atoms with van der Waals surface area (Å²) in [4.78, 5) is 17.1. The molecule has 1 amide bonds. The van der Waals surface area contributed by atoms with E-state index in [0.29, 0.717) is 29.5 Å². The zero-order valence-corrected chi connectivity index (χ0v) is 23.9. The number of benzene rings is 1. The van der Waals surface area contributed by atoms with E-state index in [-0.39, 0.29) is 42.9 Å². The van der Waals surface area contributed by atoms with Crippen LogP contribution in [0.25, 0.3) is 0 Å². The summed E-state index contributed by atoms with van der Waals surface area (Å²) in [5, 5.41) is 17.9. The van der Waals surface area contributed by atoms with E-state index in [4.69, 9.17) is 24.7 Å². The lowest BCUT2D eigenvalue weighted by Crippen LogP contribution is -2.52. The molecule has 2 aromatic rings. The Balaban J connectivity index is 1.34. The standard InChI is InChI=1S/C30H42N4O6/c1-29(2,3)13-19-12-20-22(14-30(8-5-9-30)40-27(20)28(31)33-19)32-15-23(35)21(34-26(36)16-37-4)10-18-6-7-24-25(11-18)39-17-38-24/h6-7,11-12,21-23,32,35H,5,8-10,13-17H2,1-4H3,(H2,31,33)(H,34,36)/t21-,22-,23+/m0/s1. The molecule has 0 radical (unpaired) electrons. The van der Waals surface area contributed by atoms with Crippen molar-refractivity contribution in [1.82, 2.24) is 15.6 Å². The number of rotatable bonds is 10. The minimum Gasteiger partial charge on any atom is -0.483 e. The Morgan fingerprint density at radius 2 is 2.02 bits per heavy atom. The summed E-state index contributed by atoms with van der Waals surface area (Å²) >= 11 is 0. The van der Waals surface area contributed by atoms with Crippen LogP contribution in [0.4, 0.5) is 5.82 Å². The number of fused-ring (bicyclic) bond motifs is 2. The van der Waals surface area contributed by atoms with Crippen molar-refractivity contribution in [3.05, 3.63) is 41.1 Å². The van der Waals surface area contributed by atoms with Crippen LogP contribution >= 0.6 is 0 Å². The summed E-state index contributed by atoms with van der Waals surface area (Å²) in [6, 6.07) is 7.14. The van der Waals surface area contributed by atoms with E-state index in [1.807, 2.05) is 18.2 Å². The first-order valence-corrected chi connectivity index (χ1v) is 14.1. The van der Waals surface area contributed by atoms with Crippen LogP contribution in [-0.4, -0.2) is 60.8 Å². The minimum absolute atomic E-state index is 0.0554. The highest BCUT2D eigenvalue weighted by Gasteiger charge is 2.46. The van der Waals surface area contributed by atoms with Crippen molar-refractivity contribution in [3.63, 3.8) is 0 Å². The number of nitrogen functional groups attached to an aromatic ring is 1. The highest BCUT2D eigenvalue weighted by molar-refractivity contribution is 5.77. The zero-order valence-electron chi connectivity index (χ0n) is 23.9. The number of nitrogens with one attached hydrogen (secondary N) is 2. The summed E-state index contributed by atoms with van der Waals surface area (Å²) in [6.07, 6.45) is 4.16. The van der Waals surface area contributed by atoms with Crippen LogP contribution < -0.4 is 30.6 Å². The molecule has 3 heterocycles. The number of nitrogens with zero attached hydrogens (tertiary/aromatic N) is 1. The number of ether oxygens (including phenoxy) is 4. The smallest absolute Gasteiger partial charge is 0.246 e. The molecule has 5 rings (SSSR count). The quantitative estimate of drug-likeness (QED) is 0.349. The highest BCUT2D eigenvalue weighted by Crippen LogP contribution is 2.50. The Morgan fingerprint density at radius 1 is 1.25 bits per heavy atom. The van der Waals surface area contributed by atoms with Crippen molar-refractivity contribution in [3.8, 4) is 17.2 Å². The van der Waals surface area contributed by atoms with Gasteiger partial charge in [0.05, 0.1) is 12.1 Å². The van der Waals surface area contributed by atoms with E-state index in [2.05, 4.69) is 42.5 Å². The Bertz CT molecular complexity index is 1230. The van der Waals surface area contributed by atoms with Crippen LogP contribution in [0.2, 0.25) is 0 Å². The van der Waals surface area contributed by atoms with Gasteiger partial charge in [0.15, 0.2) is 23.1 Å².